The van der Waals surface area contributed by atoms with Crippen LogP contribution in [0, 0.1) is 11.8 Å². The van der Waals surface area contributed by atoms with E-state index in [2.05, 4.69) is 0 Å². The Kier molecular flexibility index (Phi) is 9.45. The summed E-state index contributed by atoms with van der Waals surface area (Å²) in [6.45, 7) is -0.164. The van der Waals surface area contributed by atoms with Crippen LogP contribution in [-0.2, 0) is 28.7 Å². The number of rotatable bonds is 12. The number of aliphatic hydroxyl groups is 1. The van der Waals surface area contributed by atoms with Crippen LogP contribution in [0.25, 0.3) is 6.08 Å². The van der Waals surface area contributed by atoms with Crippen LogP contribution in [0.1, 0.15) is 63.4 Å². The van der Waals surface area contributed by atoms with Gasteiger partial charge in [0, 0.05) is 5.56 Å². The molecule has 2 saturated heterocycles. The Bertz CT molecular complexity index is 2000. The number of allylic oxidation sites excluding steroid dienone is 1. The summed E-state index contributed by atoms with van der Waals surface area (Å²) < 4.78 is 27.0. The molecule has 1 N–H and O–H groups in total. The molecule has 0 bridgehead atoms. The van der Waals surface area contributed by atoms with E-state index < -0.39 is 53.7 Å². The van der Waals surface area contributed by atoms with Gasteiger partial charge in [0.15, 0.2) is 5.78 Å². The first-order valence-corrected chi connectivity index (χ1v) is 16.4. The van der Waals surface area contributed by atoms with Crippen molar-refractivity contribution in [1.82, 2.24) is 0 Å². The van der Waals surface area contributed by atoms with Gasteiger partial charge in [0.1, 0.15) is 30.0 Å². The highest BCUT2D eigenvalue weighted by molar-refractivity contribution is 6.06. The Morgan fingerprint density at radius 3 is 2.08 bits per heavy atom. The van der Waals surface area contributed by atoms with E-state index in [9.17, 15) is 29.1 Å². The predicted octanol–water partition coefficient (Wildman–Crippen LogP) is 5.47. The van der Waals surface area contributed by atoms with Gasteiger partial charge >= 0.3 is 23.9 Å². The van der Waals surface area contributed by atoms with Gasteiger partial charge in [-0.2, -0.15) is 0 Å². The Hall–Kier alpha value is -6.07. The van der Waals surface area contributed by atoms with Crippen molar-refractivity contribution in [2.75, 3.05) is 13.4 Å². The molecule has 2 heterocycles. The van der Waals surface area contributed by atoms with Crippen molar-refractivity contribution in [2.45, 2.75) is 30.8 Å². The minimum absolute atomic E-state index is 0.0505. The maximum atomic E-state index is 12.6. The highest BCUT2D eigenvalue weighted by atomic mass is 16.7. The van der Waals surface area contributed by atoms with Crippen LogP contribution in [0.5, 0.6) is 17.2 Å². The molecule has 51 heavy (non-hydrogen) atoms. The van der Waals surface area contributed by atoms with Crippen LogP contribution in [0.15, 0.2) is 103 Å². The van der Waals surface area contributed by atoms with Crippen molar-refractivity contribution in [3.05, 3.63) is 131 Å². The molecule has 5 unspecified atom stereocenters. The SMILES string of the molecule is O=C1CC(C2CC3C(=O)OC(=O)C3c3cc(OCC(O)c4ccc(OCOc5ccc(/C=C/C(=O)c6ccccc6)cc5)cc4)ccc32)C(=O)O1. The fraction of sp³-hybridized carbons (Fsp3) is 0.225. The van der Waals surface area contributed by atoms with Crippen molar-refractivity contribution in [2.24, 2.45) is 11.8 Å². The number of carbonyl (C=O) groups is 5. The van der Waals surface area contributed by atoms with Gasteiger partial charge in [0.05, 0.1) is 24.2 Å². The van der Waals surface area contributed by atoms with Gasteiger partial charge in [-0.25, -0.2) is 0 Å². The summed E-state index contributed by atoms with van der Waals surface area (Å²) in [6.07, 6.45) is 2.36. The van der Waals surface area contributed by atoms with Gasteiger partial charge in [0.2, 0.25) is 6.79 Å². The van der Waals surface area contributed by atoms with Gasteiger partial charge in [-0.3, -0.25) is 24.0 Å². The highest BCUT2D eigenvalue weighted by Crippen LogP contribution is 2.51. The number of hydrogen-bond acceptors (Lipinski definition) is 11. The minimum atomic E-state index is -1.00. The minimum Gasteiger partial charge on any atom is -0.491 e. The smallest absolute Gasteiger partial charge is 0.321 e. The first kappa shape index (κ1) is 33.4. The summed E-state index contributed by atoms with van der Waals surface area (Å²) in [4.78, 5) is 61.7. The molecule has 0 radical (unpaired) electrons. The zero-order chi connectivity index (χ0) is 35.5. The molecule has 7 rings (SSSR count). The number of fused-ring (bicyclic) bond motifs is 3. The molecule has 0 spiro atoms. The lowest BCUT2D eigenvalue weighted by Gasteiger charge is -2.33. The molecule has 0 saturated carbocycles. The van der Waals surface area contributed by atoms with Crippen LogP contribution in [0.2, 0.25) is 0 Å². The van der Waals surface area contributed by atoms with Crippen molar-refractivity contribution in [1.29, 1.82) is 0 Å². The van der Waals surface area contributed by atoms with Crippen molar-refractivity contribution >= 4 is 35.7 Å². The molecule has 0 amide bonds. The maximum Gasteiger partial charge on any atom is 0.321 e. The fourth-order valence-electron chi connectivity index (χ4n) is 6.71. The van der Waals surface area contributed by atoms with Gasteiger partial charge in [-0.15, -0.1) is 0 Å². The molecule has 1 aliphatic carbocycles. The van der Waals surface area contributed by atoms with Crippen molar-refractivity contribution in [3.8, 4) is 17.2 Å². The maximum absolute atomic E-state index is 12.6. The molecule has 2 aliphatic heterocycles. The van der Waals surface area contributed by atoms with E-state index in [4.69, 9.17) is 23.7 Å². The molecular weight excluding hydrogens is 656 g/mol. The van der Waals surface area contributed by atoms with Gasteiger partial charge < -0.3 is 28.8 Å². The monoisotopic (exact) mass is 688 g/mol. The number of esters is 4. The van der Waals surface area contributed by atoms with E-state index in [1.807, 2.05) is 30.3 Å². The number of hydrogen-bond donors (Lipinski definition) is 1. The van der Waals surface area contributed by atoms with Crippen molar-refractivity contribution < 1.29 is 52.8 Å². The van der Waals surface area contributed by atoms with Gasteiger partial charge in [0.25, 0.3) is 0 Å². The van der Waals surface area contributed by atoms with Crippen molar-refractivity contribution in [3.63, 3.8) is 0 Å². The topological polar surface area (TPSA) is 152 Å². The fourth-order valence-corrected chi connectivity index (χ4v) is 6.71. The molecule has 3 aliphatic rings. The summed E-state index contributed by atoms with van der Waals surface area (Å²) in [6, 6.07) is 28.1. The van der Waals surface area contributed by atoms with Crippen LogP contribution >= 0.6 is 0 Å². The molecule has 11 nitrogen and oxygen atoms in total. The summed E-state index contributed by atoms with van der Waals surface area (Å²) >= 11 is 0. The van der Waals surface area contributed by atoms with E-state index >= 15 is 0 Å². The normalized spacial score (nSPS) is 21.4. The Balaban J connectivity index is 0.920. The van der Waals surface area contributed by atoms with Gasteiger partial charge in [-0.1, -0.05) is 66.7 Å². The lowest BCUT2D eigenvalue weighted by Crippen LogP contribution is -2.31. The molecule has 5 atom stereocenters. The summed E-state index contributed by atoms with van der Waals surface area (Å²) in [5, 5.41) is 10.8. The third-order valence-electron chi connectivity index (χ3n) is 9.34. The molecule has 258 valence electrons. The van der Waals surface area contributed by atoms with E-state index in [-0.39, 0.29) is 32.0 Å². The summed E-state index contributed by atoms with van der Waals surface area (Å²) in [5.41, 5.74) is 3.20. The van der Waals surface area contributed by atoms with E-state index in [0.717, 1.165) is 5.56 Å². The van der Waals surface area contributed by atoms with Crippen LogP contribution < -0.4 is 14.2 Å². The first-order valence-electron chi connectivity index (χ1n) is 16.4. The third kappa shape index (κ3) is 7.29. The van der Waals surface area contributed by atoms with Crippen LogP contribution in [0.3, 0.4) is 0 Å². The first-order chi connectivity index (χ1) is 24.7. The quantitative estimate of drug-likeness (QED) is 0.0663. The number of ether oxygens (including phenoxy) is 5. The Morgan fingerprint density at radius 2 is 1.39 bits per heavy atom. The second-order valence-electron chi connectivity index (χ2n) is 12.5. The Morgan fingerprint density at radius 1 is 0.725 bits per heavy atom. The third-order valence-corrected chi connectivity index (χ3v) is 9.34. The number of cyclic esters (lactones) is 4. The number of benzene rings is 4. The zero-order valence-electron chi connectivity index (χ0n) is 27.1. The number of ketones is 1. The molecule has 0 aromatic heterocycles. The van der Waals surface area contributed by atoms with Gasteiger partial charge in [-0.05, 0) is 77.1 Å². The Labute approximate surface area is 292 Å². The predicted molar refractivity (Wildman–Crippen MR) is 180 cm³/mol. The van der Waals surface area contributed by atoms with Crippen LogP contribution in [-0.4, -0.2) is 48.2 Å². The lowest BCUT2D eigenvalue weighted by atomic mass is 9.67. The molecule has 4 aromatic rings. The average molecular weight is 689 g/mol. The lowest BCUT2D eigenvalue weighted by molar-refractivity contribution is -0.155. The highest BCUT2D eigenvalue weighted by Gasteiger charge is 2.53. The summed E-state index contributed by atoms with van der Waals surface area (Å²) in [5.74, 6) is -4.09. The molecule has 4 aromatic carbocycles. The molecular formula is C40H32O11. The summed E-state index contributed by atoms with van der Waals surface area (Å²) in [7, 11) is 0. The second-order valence-corrected chi connectivity index (χ2v) is 12.5. The van der Waals surface area contributed by atoms with E-state index in [1.165, 1.54) is 6.08 Å². The van der Waals surface area contributed by atoms with E-state index in [1.54, 1.807) is 72.8 Å². The van der Waals surface area contributed by atoms with E-state index in [0.29, 0.717) is 39.5 Å². The number of aliphatic hydroxyl groups excluding tert-OH is 1. The zero-order valence-corrected chi connectivity index (χ0v) is 27.1. The molecule has 2 fully saturated rings. The second kappa shape index (κ2) is 14.4. The largest absolute Gasteiger partial charge is 0.491 e. The average Bonchev–Trinajstić information content (AvgIpc) is 3.64. The standard InChI is InChI=1S/C40H32O11/c41-34(24-4-2-1-3-5-24)17-8-23-6-11-26(12-7-23)48-22-49-27-13-9-25(10-14-27)35(42)21-47-28-15-16-29-30(32-20-36(43)50-38(32)44)19-33-37(31(29)18-28)40(46)51-39(33)45/h1-18,30,32-33,35,37,42H,19-22H2/b17-8+. The molecule has 11 heteroatoms. The van der Waals surface area contributed by atoms with Crippen LogP contribution in [0.4, 0.5) is 0 Å². The number of carbonyl (C=O) groups excluding carboxylic acids is 5.